The van der Waals surface area contributed by atoms with Crippen LogP contribution in [0.1, 0.15) is 36.3 Å². The van der Waals surface area contributed by atoms with Crippen molar-refractivity contribution in [3.05, 3.63) is 77.6 Å². The number of benzene rings is 2. The Morgan fingerprint density at radius 1 is 1.10 bits per heavy atom. The molecule has 3 aromatic rings. The fourth-order valence-electron chi connectivity index (χ4n) is 3.10. The van der Waals surface area contributed by atoms with Crippen LogP contribution in [0.3, 0.4) is 0 Å². The highest BCUT2D eigenvalue weighted by atomic mass is 32.1. The highest BCUT2D eigenvalue weighted by Crippen LogP contribution is 2.19. The van der Waals surface area contributed by atoms with Crippen molar-refractivity contribution < 1.29 is 9.53 Å². The summed E-state index contributed by atoms with van der Waals surface area (Å²) in [4.78, 5) is 19.2. The minimum atomic E-state index is -0.0230. The molecule has 2 aromatic carbocycles. The Kier molecular flexibility index (Phi) is 8.35. The fraction of sp³-hybridized carbons (Fsp3) is 0.348. The molecule has 7 heteroatoms. The van der Waals surface area contributed by atoms with E-state index in [-0.39, 0.29) is 11.9 Å². The number of anilines is 1. The molecule has 0 aliphatic rings. The van der Waals surface area contributed by atoms with Gasteiger partial charge in [-0.1, -0.05) is 60.7 Å². The number of nitrogens with one attached hydrogen (secondary N) is 1. The van der Waals surface area contributed by atoms with Crippen LogP contribution in [-0.4, -0.2) is 42.1 Å². The second-order valence-electron chi connectivity index (χ2n) is 7.09. The lowest BCUT2D eigenvalue weighted by Gasteiger charge is -2.21. The molecule has 3 rings (SSSR count). The first kappa shape index (κ1) is 21.9. The maximum atomic E-state index is 12.5. The van der Waals surface area contributed by atoms with Gasteiger partial charge in [0.2, 0.25) is 11.0 Å². The Morgan fingerprint density at radius 2 is 1.80 bits per heavy atom. The summed E-state index contributed by atoms with van der Waals surface area (Å²) in [5.41, 5.74) is 2.27. The number of carbonyl (C=O) groups excluding carboxylic acids is 1. The molecule has 30 heavy (non-hydrogen) atoms. The Hall–Kier alpha value is -2.77. The lowest BCUT2D eigenvalue weighted by Crippen LogP contribution is -2.33. The van der Waals surface area contributed by atoms with Crippen molar-refractivity contribution in [1.29, 1.82) is 0 Å². The largest absolute Gasteiger partial charge is 0.383 e. The monoisotopic (exact) mass is 424 g/mol. The molecular formula is C23H28N4O2S. The Labute approximate surface area is 182 Å². The molecule has 6 nitrogen and oxygen atoms in total. The van der Waals surface area contributed by atoms with Crippen LogP contribution < -0.4 is 10.2 Å². The molecule has 0 saturated carbocycles. The molecule has 158 valence electrons. The summed E-state index contributed by atoms with van der Waals surface area (Å²) < 4.78 is 9.74. The van der Waals surface area contributed by atoms with Gasteiger partial charge in [-0.2, -0.15) is 4.37 Å². The topological polar surface area (TPSA) is 67.3 Å². The first-order chi connectivity index (χ1) is 14.7. The van der Waals surface area contributed by atoms with Gasteiger partial charge in [0.1, 0.15) is 5.82 Å². The van der Waals surface area contributed by atoms with Crippen LogP contribution in [0, 0.1) is 0 Å². The molecule has 0 radical (unpaired) electrons. The van der Waals surface area contributed by atoms with E-state index >= 15 is 0 Å². The molecule has 1 amide bonds. The number of methoxy groups -OCH3 is 1. The van der Waals surface area contributed by atoms with E-state index in [1.54, 1.807) is 7.11 Å². The maximum Gasteiger partial charge on any atom is 0.222 e. The van der Waals surface area contributed by atoms with E-state index in [1.807, 2.05) is 55.5 Å². The van der Waals surface area contributed by atoms with Crippen LogP contribution in [0.4, 0.5) is 5.13 Å². The molecule has 0 fully saturated rings. The van der Waals surface area contributed by atoms with E-state index in [1.165, 1.54) is 17.1 Å². The molecular weight excluding hydrogens is 396 g/mol. The summed E-state index contributed by atoms with van der Waals surface area (Å²) in [7, 11) is 1.67. The zero-order valence-corrected chi connectivity index (χ0v) is 18.3. The van der Waals surface area contributed by atoms with Crippen LogP contribution in [0.2, 0.25) is 0 Å². The van der Waals surface area contributed by atoms with Gasteiger partial charge in [-0.25, -0.2) is 4.98 Å². The van der Waals surface area contributed by atoms with Crippen molar-refractivity contribution in [2.24, 2.45) is 0 Å². The van der Waals surface area contributed by atoms with Crippen molar-refractivity contribution in [3.8, 4) is 0 Å². The van der Waals surface area contributed by atoms with Gasteiger partial charge in [-0.3, -0.25) is 4.79 Å². The molecule has 0 saturated heterocycles. The van der Waals surface area contributed by atoms with Gasteiger partial charge >= 0.3 is 0 Å². The van der Waals surface area contributed by atoms with Gasteiger partial charge in [0.15, 0.2) is 0 Å². The number of hydrogen-bond acceptors (Lipinski definition) is 6. The highest BCUT2D eigenvalue weighted by molar-refractivity contribution is 7.09. The third-order valence-corrected chi connectivity index (χ3v) is 5.60. The van der Waals surface area contributed by atoms with Crippen LogP contribution in [-0.2, 0) is 16.0 Å². The summed E-state index contributed by atoms with van der Waals surface area (Å²) in [5, 5.41) is 3.89. The quantitative estimate of drug-likeness (QED) is 0.506. The minimum absolute atomic E-state index is 0.0165. The standard InChI is InChI=1S/C23H28N4O2S/c1-18(20-11-7-4-8-12-20)24-22(28)13-14-27(15-16-29-2)23-25-21(26-30-23)17-19-9-5-3-6-10-19/h3-12,18H,13-17H2,1-2H3,(H,24,28)/t18-/m0/s1. The molecule has 1 atom stereocenters. The Morgan fingerprint density at radius 3 is 2.50 bits per heavy atom. The summed E-state index contributed by atoms with van der Waals surface area (Å²) >= 11 is 1.37. The fourth-order valence-corrected chi connectivity index (χ4v) is 3.84. The summed E-state index contributed by atoms with van der Waals surface area (Å²) in [6.45, 7) is 3.79. The summed E-state index contributed by atoms with van der Waals surface area (Å²) in [6, 6.07) is 20.1. The zero-order chi connectivity index (χ0) is 21.2. The Bertz CT molecular complexity index is 902. The number of ether oxygens (including phenoxy) is 1. The third-order valence-electron chi connectivity index (χ3n) is 4.78. The predicted octanol–water partition coefficient (Wildman–Crippen LogP) is 3.85. The van der Waals surface area contributed by atoms with Crippen LogP contribution in [0.5, 0.6) is 0 Å². The van der Waals surface area contributed by atoms with E-state index in [4.69, 9.17) is 9.72 Å². The number of aromatic nitrogens is 2. The second-order valence-corrected chi connectivity index (χ2v) is 7.82. The third kappa shape index (κ3) is 6.64. The van der Waals surface area contributed by atoms with E-state index in [9.17, 15) is 4.79 Å². The van der Waals surface area contributed by atoms with Gasteiger partial charge in [-0.15, -0.1) is 0 Å². The average Bonchev–Trinajstić information content (AvgIpc) is 3.23. The average molecular weight is 425 g/mol. The number of carbonyl (C=O) groups is 1. The van der Waals surface area contributed by atoms with E-state index in [2.05, 4.69) is 26.7 Å². The molecule has 0 bridgehead atoms. The molecule has 1 aromatic heterocycles. The van der Waals surface area contributed by atoms with E-state index < -0.39 is 0 Å². The molecule has 0 unspecified atom stereocenters. The normalized spacial score (nSPS) is 11.8. The van der Waals surface area contributed by atoms with E-state index in [0.29, 0.717) is 32.5 Å². The van der Waals surface area contributed by atoms with Crippen molar-refractivity contribution in [3.63, 3.8) is 0 Å². The van der Waals surface area contributed by atoms with Crippen LogP contribution >= 0.6 is 11.5 Å². The molecule has 0 spiro atoms. The smallest absolute Gasteiger partial charge is 0.222 e. The number of hydrogen-bond donors (Lipinski definition) is 1. The summed E-state index contributed by atoms with van der Waals surface area (Å²) in [6.07, 6.45) is 1.08. The van der Waals surface area contributed by atoms with Gasteiger partial charge in [-0.05, 0) is 18.1 Å². The van der Waals surface area contributed by atoms with Gasteiger partial charge in [0.25, 0.3) is 0 Å². The molecule has 0 aliphatic heterocycles. The van der Waals surface area contributed by atoms with Crippen molar-refractivity contribution in [2.45, 2.75) is 25.8 Å². The summed E-state index contributed by atoms with van der Waals surface area (Å²) in [5.74, 6) is 0.813. The molecule has 1 N–H and O–H groups in total. The van der Waals surface area contributed by atoms with E-state index in [0.717, 1.165) is 16.5 Å². The predicted molar refractivity (Wildman–Crippen MR) is 121 cm³/mol. The van der Waals surface area contributed by atoms with Crippen LogP contribution in [0.25, 0.3) is 0 Å². The maximum absolute atomic E-state index is 12.5. The number of nitrogens with zero attached hydrogens (tertiary/aromatic N) is 3. The SMILES string of the molecule is COCCN(CCC(=O)N[C@@H](C)c1ccccc1)c1nc(Cc2ccccc2)ns1. The number of rotatable bonds is 11. The van der Waals surface area contributed by atoms with Gasteiger partial charge < -0.3 is 15.0 Å². The first-order valence-corrected chi connectivity index (χ1v) is 10.9. The molecule has 1 heterocycles. The zero-order valence-electron chi connectivity index (χ0n) is 17.5. The molecule has 0 aliphatic carbocycles. The van der Waals surface area contributed by atoms with Gasteiger partial charge in [0.05, 0.1) is 12.6 Å². The first-order valence-electron chi connectivity index (χ1n) is 10.1. The number of amides is 1. The minimum Gasteiger partial charge on any atom is -0.383 e. The Balaban J connectivity index is 1.57. The van der Waals surface area contributed by atoms with Crippen molar-refractivity contribution in [1.82, 2.24) is 14.7 Å². The second kappa shape index (κ2) is 11.4. The lowest BCUT2D eigenvalue weighted by molar-refractivity contribution is -0.121. The van der Waals surface area contributed by atoms with Crippen molar-refractivity contribution in [2.75, 3.05) is 31.7 Å². The van der Waals surface area contributed by atoms with Crippen LogP contribution in [0.15, 0.2) is 60.7 Å². The van der Waals surface area contributed by atoms with Gasteiger partial charge in [0, 0.05) is 44.6 Å². The van der Waals surface area contributed by atoms with Crippen molar-refractivity contribution >= 4 is 22.6 Å². The lowest BCUT2D eigenvalue weighted by atomic mass is 10.1. The highest BCUT2D eigenvalue weighted by Gasteiger charge is 2.16.